The van der Waals surface area contributed by atoms with Gasteiger partial charge in [0.1, 0.15) is 12.1 Å². The normalized spacial score (nSPS) is 19.9. The summed E-state index contributed by atoms with van der Waals surface area (Å²) in [6.07, 6.45) is -1.50. The molecule has 2 atom stereocenters. The molecular weight excluding hydrogens is 520 g/mol. The lowest BCUT2D eigenvalue weighted by Crippen LogP contribution is -2.58. The zero-order chi connectivity index (χ0) is 28.0. The molecule has 14 heteroatoms. The average molecular weight is 547 g/mol. The number of halogens is 4. The number of fused-ring (bicyclic) bond motifs is 1. The van der Waals surface area contributed by atoms with E-state index in [-0.39, 0.29) is 11.8 Å². The van der Waals surface area contributed by atoms with Crippen LogP contribution < -0.4 is 0 Å². The standard InChI is InChI=1S/C23H25FN8O.C2HF3O/c1-16-19(4-5-20(24)23(16)25-2)21-13-31-10-9-30(12-18(31)14-33-21)8-7-17-3-6-22(26-11-17)32-15-27-28-29-32;3-2(4,5)1-6/h3-6,11,15,18,21H,7-10,12-14H2,1H3;1H/t18-,21-;/m0./s1. The number of aromatic nitrogens is 5. The van der Waals surface area contributed by atoms with Gasteiger partial charge in [-0.05, 0) is 52.6 Å². The first-order valence-electron chi connectivity index (χ1n) is 12.1. The number of piperazine rings is 1. The first-order chi connectivity index (χ1) is 18.7. The lowest BCUT2D eigenvalue weighted by Gasteiger charge is -2.46. The largest absolute Gasteiger partial charge is 0.446 e. The van der Waals surface area contributed by atoms with Crippen LogP contribution in [0.25, 0.3) is 10.7 Å². The highest BCUT2D eigenvalue weighted by Gasteiger charge is 2.34. The molecule has 0 spiro atoms. The van der Waals surface area contributed by atoms with Gasteiger partial charge in [-0.1, -0.05) is 12.1 Å². The zero-order valence-electron chi connectivity index (χ0n) is 21.1. The van der Waals surface area contributed by atoms with Crippen molar-refractivity contribution in [2.45, 2.75) is 31.7 Å². The van der Waals surface area contributed by atoms with Gasteiger partial charge in [0.2, 0.25) is 12.0 Å². The summed E-state index contributed by atoms with van der Waals surface area (Å²) in [6.45, 7) is 14.4. The van der Waals surface area contributed by atoms with E-state index in [0.29, 0.717) is 24.0 Å². The summed E-state index contributed by atoms with van der Waals surface area (Å²) in [5, 5.41) is 11.1. The molecular formula is C25H26F4N8O2. The van der Waals surface area contributed by atoms with Crippen LogP contribution in [0.15, 0.2) is 36.8 Å². The summed E-state index contributed by atoms with van der Waals surface area (Å²) in [4.78, 5) is 21.4. The summed E-state index contributed by atoms with van der Waals surface area (Å²) in [5.74, 6) is 0.236. The Balaban J connectivity index is 0.000000531. The van der Waals surface area contributed by atoms with Crippen LogP contribution in [0.3, 0.4) is 0 Å². The van der Waals surface area contributed by atoms with E-state index in [1.54, 1.807) is 6.07 Å². The van der Waals surface area contributed by atoms with Gasteiger partial charge in [0, 0.05) is 45.0 Å². The van der Waals surface area contributed by atoms with Crippen molar-refractivity contribution in [2.24, 2.45) is 0 Å². The number of ether oxygens (including phenoxy) is 1. The number of morpholine rings is 1. The van der Waals surface area contributed by atoms with Crippen molar-refractivity contribution in [3.8, 4) is 5.82 Å². The number of alkyl halides is 3. The molecule has 0 unspecified atom stereocenters. The quantitative estimate of drug-likeness (QED) is 0.274. The predicted molar refractivity (Wildman–Crippen MR) is 131 cm³/mol. The fraction of sp³-hybridized carbons (Fsp3) is 0.440. The molecule has 0 amide bonds. The maximum Gasteiger partial charge on any atom is 0.446 e. The van der Waals surface area contributed by atoms with E-state index in [1.165, 1.54) is 22.6 Å². The Morgan fingerprint density at radius 2 is 2.00 bits per heavy atom. The summed E-state index contributed by atoms with van der Waals surface area (Å²) in [5.41, 5.74) is 2.88. The van der Waals surface area contributed by atoms with E-state index < -0.39 is 18.3 Å². The van der Waals surface area contributed by atoms with Crippen molar-refractivity contribution < 1.29 is 27.1 Å². The summed E-state index contributed by atoms with van der Waals surface area (Å²) in [7, 11) is 0. The molecule has 206 valence electrons. The lowest BCUT2D eigenvalue weighted by atomic mass is 9.98. The van der Waals surface area contributed by atoms with Gasteiger partial charge in [0.25, 0.3) is 0 Å². The van der Waals surface area contributed by atoms with E-state index in [9.17, 15) is 17.6 Å². The third kappa shape index (κ3) is 7.20. The van der Waals surface area contributed by atoms with Crippen molar-refractivity contribution in [2.75, 3.05) is 39.3 Å². The number of hydrogen-bond acceptors (Lipinski definition) is 8. The molecule has 10 nitrogen and oxygen atoms in total. The fourth-order valence-electron chi connectivity index (χ4n) is 4.66. The van der Waals surface area contributed by atoms with E-state index in [0.717, 1.165) is 44.7 Å². The van der Waals surface area contributed by atoms with Crippen molar-refractivity contribution in [3.63, 3.8) is 0 Å². The monoisotopic (exact) mass is 546 g/mol. The third-order valence-corrected chi connectivity index (χ3v) is 6.70. The number of tetrazole rings is 1. The molecule has 2 aliphatic rings. The molecule has 0 radical (unpaired) electrons. The SMILES string of the molecule is O=CC(F)(F)F.[C-]#[N+]c1c(F)ccc([C@@H]2CN3CCN(CCc4ccc(-n5cnnn5)nc4)C[C@H]3CO2)c1C. The number of carbonyl (C=O) groups excluding carboxylic acids is 1. The number of pyridine rings is 1. The van der Waals surface area contributed by atoms with Crippen molar-refractivity contribution in [3.05, 3.63) is 70.7 Å². The number of benzene rings is 1. The second-order valence-electron chi connectivity index (χ2n) is 9.18. The summed E-state index contributed by atoms with van der Waals surface area (Å²) >= 11 is 0. The smallest absolute Gasteiger partial charge is 0.371 e. The van der Waals surface area contributed by atoms with Crippen LogP contribution in [0.5, 0.6) is 0 Å². The van der Waals surface area contributed by atoms with Crippen LogP contribution in [0.1, 0.15) is 22.8 Å². The second-order valence-corrected chi connectivity index (χ2v) is 9.18. The number of rotatable bonds is 5. The fourth-order valence-corrected chi connectivity index (χ4v) is 4.66. The molecule has 2 aliphatic heterocycles. The summed E-state index contributed by atoms with van der Waals surface area (Å²) in [6, 6.07) is 7.48. The van der Waals surface area contributed by atoms with Crippen molar-refractivity contribution in [1.29, 1.82) is 0 Å². The van der Waals surface area contributed by atoms with Crippen molar-refractivity contribution in [1.82, 2.24) is 35.0 Å². The minimum Gasteiger partial charge on any atom is -0.371 e. The molecule has 5 rings (SSSR count). The van der Waals surface area contributed by atoms with Gasteiger partial charge in [0.05, 0.1) is 19.3 Å². The van der Waals surface area contributed by atoms with E-state index in [2.05, 4.69) is 41.2 Å². The highest BCUT2D eigenvalue weighted by Crippen LogP contribution is 2.34. The van der Waals surface area contributed by atoms with Crippen molar-refractivity contribution >= 4 is 12.0 Å². The molecule has 4 heterocycles. The molecule has 0 N–H and O–H groups in total. The van der Waals surface area contributed by atoms with E-state index in [4.69, 9.17) is 16.1 Å². The van der Waals surface area contributed by atoms with E-state index >= 15 is 0 Å². The first-order valence-corrected chi connectivity index (χ1v) is 12.1. The van der Waals surface area contributed by atoms with Crippen LogP contribution in [0.4, 0.5) is 23.2 Å². The van der Waals surface area contributed by atoms with Crippen LogP contribution in [-0.2, 0) is 16.0 Å². The molecule has 39 heavy (non-hydrogen) atoms. The van der Waals surface area contributed by atoms with Crippen LogP contribution >= 0.6 is 0 Å². The van der Waals surface area contributed by atoms with Gasteiger partial charge >= 0.3 is 6.18 Å². The highest BCUT2D eigenvalue weighted by atomic mass is 19.4. The average Bonchev–Trinajstić information content (AvgIpc) is 3.47. The molecule has 3 aromatic rings. The minimum absolute atomic E-state index is 0.100. The first kappa shape index (κ1) is 28.2. The number of nitrogens with zero attached hydrogens (tertiary/aromatic N) is 8. The molecule has 1 aromatic carbocycles. The number of aldehydes is 1. The lowest BCUT2D eigenvalue weighted by molar-refractivity contribution is -0.156. The Kier molecular flexibility index (Phi) is 8.95. The van der Waals surface area contributed by atoms with Gasteiger partial charge in [-0.3, -0.25) is 9.69 Å². The van der Waals surface area contributed by atoms with E-state index in [1.807, 2.05) is 19.2 Å². The van der Waals surface area contributed by atoms with Crippen LogP contribution in [0.2, 0.25) is 0 Å². The molecule has 2 aromatic heterocycles. The molecule has 0 saturated carbocycles. The Morgan fingerprint density at radius 3 is 2.64 bits per heavy atom. The molecule has 2 fully saturated rings. The van der Waals surface area contributed by atoms with Crippen LogP contribution in [-0.4, -0.2) is 92.8 Å². The van der Waals surface area contributed by atoms with Crippen LogP contribution in [0, 0.1) is 19.3 Å². The van der Waals surface area contributed by atoms with Gasteiger partial charge in [-0.2, -0.15) is 17.9 Å². The third-order valence-electron chi connectivity index (χ3n) is 6.70. The highest BCUT2D eigenvalue weighted by molar-refractivity contribution is 5.57. The molecule has 0 bridgehead atoms. The Labute approximate surface area is 222 Å². The summed E-state index contributed by atoms with van der Waals surface area (Å²) < 4.78 is 52.9. The second kappa shape index (κ2) is 12.4. The molecule has 2 saturated heterocycles. The Bertz CT molecular complexity index is 1300. The molecule has 0 aliphatic carbocycles. The topological polar surface area (TPSA) is 93.6 Å². The van der Waals surface area contributed by atoms with Gasteiger partial charge in [-0.25, -0.2) is 14.2 Å². The maximum atomic E-state index is 13.9. The Hall–Kier alpha value is -3.80. The van der Waals surface area contributed by atoms with Gasteiger partial charge in [0.15, 0.2) is 5.82 Å². The zero-order valence-corrected chi connectivity index (χ0v) is 21.1. The Morgan fingerprint density at radius 1 is 1.21 bits per heavy atom. The number of hydrogen-bond donors (Lipinski definition) is 0. The number of carbonyl (C=O) groups is 1. The maximum absolute atomic E-state index is 13.9. The van der Waals surface area contributed by atoms with Gasteiger partial charge in [-0.15, -0.1) is 5.10 Å². The minimum atomic E-state index is -4.64. The van der Waals surface area contributed by atoms with Gasteiger partial charge < -0.3 is 9.64 Å². The predicted octanol–water partition coefficient (Wildman–Crippen LogP) is 3.10.